The molecule has 1 saturated carbocycles. The maximum absolute atomic E-state index is 12.6. The van der Waals surface area contributed by atoms with Crippen molar-refractivity contribution in [3.05, 3.63) is 63.9 Å². The summed E-state index contributed by atoms with van der Waals surface area (Å²) in [5, 5.41) is 17.5. The van der Waals surface area contributed by atoms with Gasteiger partial charge in [-0.15, -0.1) is 5.10 Å². The normalized spacial score (nSPS) is 19.5. The Balaban J connectivity index is 0.000000216. The Morgan fingerprint density at radius 2 is 1.76 bits per heavy atom. The van der Waals surface area contributed by atoms with Gasteiger partial charge < -0.3 is 14.6 Å². The monoisotopic (exact) mass is 521 g/mol. The second kappa shape index (κ2) is 12.8. The molecule has 1 aliphatic heterocycles. The van der Waals surface area contributed by atoms with Gasteiger partial charge >= 0.3 is 5.97 Å². The third-order valence-corrected chi connectivity index (χ3v) is 7.41. The van der Waals surface area contributed by atoms with Gasteiger partial charge in [0, 0.05) is 31.7 Å². The number of Topliss-reactive ketones (excluding diaryl/α,β-unsaturated/α-hetero) is 1. The Kier molecular flexibility index (Phi) is 9.23. The molecule has 38 heavy (non-hydrogen) atoms. The lowest BCUT2D eigenvalue weighted by atomic mass is 9.88. The number of ketones is 1. The molecule has 2 heterocycles. The molecular weight excluding hydrogens is 486 g/mol. The van der Waals surface area contributed by atoms with Crippen molar-refractivity contribution in [2.75, 3.05) is 19.8 Å². The zero-order valence-electron chi connectivity index (χ0n) is 22.0. The number of benzene rings is 2. The van der Waals surface area contributed by atoms with Crippen LogP contribution in [0, 0.1) is 24.7 Å². The topological polar surface area (TPSA) is 121 Å². The summed E-state index contributed by atoms with van der Waals surface area (Å²) in [6, 6.07) is 12.7. The Morgan fingerprint density at radius 1 is 1.05 bits per heavy atom. The van der Waals surface area contributed by atoms with Gasteiger partial charge in [0.15, 0.2) is 5.78 Å². The highest BCUT2D eigenvalue weighted by Crippen LogP contribution is 2.34. The molecule has 3 aromatic rings. The van der Waals surface area contributed by atoms with Crippen molar-refractivity contribution >= 4 is 22.7 Å². The standard InChI is InChI=1S/C20H26O5.C9H9N3O/c21-19(17-2-1-3-18(17)20(22)23)15-4-6-16(7-5-15)25-13-10-14-8-11-24-12-9-14;1-6-3-4-8-7(5-6)9(13)12(2)11-10-8/h4-7,14,17-18H,1-3,8-13H2,(H,22,23);3-5H,1-2H3/t17-,18-;/m0./s1. The van der Waals surface area contributed by atoms with E-state index in [9.17, 15) is 19.5 Å². The molecular formula is C29H35N3O6. The maximum Gasteiger partial charge on any atom is 0.307 e. The predicted octanol–water partition coefficient (Wildman–Crippen LogP) is 4.20. The SMILES string of the molecule is Cc1ccc2nnn(C)c(=O)c2c1.O=C(O)[C@H]1CCC[C@@H]1C(=O)c1ccc(OCCC2CCOCC2)cc1. The lowest BCUT2D eigenvalue weighted by molar-refractivity contribution is -0.142. The average Bonchev–Trinajstić information content (AvgIpc) is 3.43. The summed E-state index contributed by atoms with van der Waals surface area (Å²) in [5.74, 6) is -0.419. The third kappa shape index (κ3) is 6.83. The molecule has 0 bridgehead atoms. The van der Waals surface area contributed by atoms with Crippen LogP contribution in [0.15, 0.2) is 47.3 Å². The molecule has 2 fully saturated rings. The number of carbonyl (C=O) groups excluding carboxylic acids is 1. The van der Waals surface area contributed by atoms with Gasteiger partial charge in [-0.05, 0) is 81.3 Å². The highest BCUT2D eigenvalue weighted by molar-refractivity contribution is 6.00. The first kappa shape index (κ1) is 27.4. The number of hydrogen-bond acceptors (Lipinski definition) is 7. The number of aromatic nitrogens is 3. The van der Waals surface area contributed by atoms with Gasteiger partial charge in [-0.1, -0.05) is 23.3 Å². The zero-order valence-corrected chi connectivity index (χ0v) is 22.0. The Hall–Kier alpha value is -3.59. The maximum atomic E-state index is 12.6. The molecule has 1 aliphatic carbocycles. The fourth-order valence-electron chi connectivity index (χ4n) is 5.12. The van der Waals surface area contributed by atoms with E-state index in [1.165, 1.54) is 4.68 Å². The zero-order chi connectivity index (χ0) is 27.1. The van der Waals surface area contributed by atoms with Crippen molar-refractivity contribution in [1.29, 1.82) is 0 Å². The Labute approximate surface area is 221 Å². The van der Waals surface area contributed by atoms with Crippen molar-refractivity contribution in [2.24, 2.45) is 24.8 Å². The second-order valence-electron chi connectivity index (χ2n) is 10.1. The number of carbonyl (C=O) groups is 2. The lowest BCUT2D eigenvalue weighted by Crippen LogP contribution is -2.25. The summed E-state index contributed by atoms with van der Waals surface area (Å²) in [6.07, 6.45) is 5.29. The minimum Gasteiger partial charge on any atom is -0.494 e. The molecule has 2 aromatic carbocycles. The van der Waals surface area contributed by atoms with E-state index < -0.39 is 17.8 Å². The van der Waals surface area contributed by atoms with Crippen LogP contribution in [0.5, 0.6) is 5.75 Å². The summed E-state index contributed by atoms with van der Waals surface area (Å²) in [4.78, 5) is 35.4. The van der Waals surface area contributed by atoms with E-state index in [2.05, 4.69) is 10.3 Å². The summed E-state index contributed by atoms with van der Waals surface area (Å²) in [7, 11) is 1.59. The molecule has 0 amide bonds. The number of aliphatic carboxylic acids is 1. The molecule has 1 N–H and O–H groups in total. The Bertz CT molecular complexity index is 1310. The molecule has 202 valence electrons. The number of rotatable bonds is 7. The first-order valence-corrected chi connectivity index (χ1v) is 13.2. The minimum atomic E-state index is -0.857. The molecule has 2 atom stereocenters. The highest BCUT2D eigenvalue weighted by Gasteiger charge is 2.37. The van der Waals surface area contributed by atoms with Crippen LogP contribution in [0.25, 0.3) is 10.9 Å². The van der Waals surface area contributed by atoms with Gasteiger partial charge in [0.2, 0.25) is 0 Å². The van der Waals surface area contributed by atoms with Crippen molar-refractivity contribution in [2.45, 2.75) is 45.4 Å². The summed E-state index contributed by atoms with van der Waals surface area (Å²) in [5.41, 5.74) is 2.18. The van der Waals surface area contributed by atoms with Gasteiger partial charge in [-0.25, -0.2) is 4.68 Å². The minimum absolute atomic E-state index is 0.0568. The number of aryl methyl sites for hydroxylation is 2. The highest BCUT2D eigenvalue weighted by atomic mass is 16.5. The van der Waals surface area contributed by atoms with Gasteiger partial charge in [-0.2, -0.15) is 0 Å². The number of ether oxygens (including phenoxy) is 2. The third-order valence-electron chi connectivity index (χ3n) is 7.41. The van der Waals surface area contributed by atoms with Crippen LogP contribution < -0.4 is 10.3 Å². The average molecular weight is 522 g/mol. The first-order valence-electron chi connectivity index (χ1n) is 13.2. The summed E-state index contributed by atoms with van der Waals surface area (Å²) < 4.78 is 12.4. The van der Waals surface area contributed by atoms with Crippen molar-refractivity contribution < 1.29 is 24.2 Å². The van der Waals surface area contributed by atoms with E-state index in [-0.39, 0.29) is 11.3 Å². The molecule has 0 radical (unpaired) electrons. The number of nitrogens with zero attached hydrogens (tertiary/aromatic N) is 3. The predicted molar refractivity (Wildman–Crippen MR) is 142 cm³/mol. The molecule has 1 saturated heterocycles. The molecule has 5 rings (SSSR count). The van der Waals surface area contributed by atoms with E-state index in [1.807, 2.05) is 31.2 Å². The van der Waals surface area contributed by atoms with Crippen molar-refractivity contribution in [3.63, 3.8) is 0 Å². The van der Waals surface area contributed by atoms with Crippen LogP contribution in [0.1, 0.15) is 54.4 Å². The summed E-state index contributed by atoms with van der Waals surface area (Å²) in [6.45, 7) is 4.31. The van der Waals surface area contributed by atoms with Crippen LogP contribution in [0.4, 0.5) is 0 Å². The van der Waals surface area contributed by atoms with E-state index >= 15 is 0 Å². The summed E-state index contributed by atoms with van der Waals surface area (Å²) >= 11 is 0. The van der Waals surface area contributed by atoms with Crippen molar-refractivity contribution in [1.82, 2.24) is 15.0 Å². The van der Waals surface area contributed by atoms with Crippen LogP contribution in [0.3, 0.4) is 0 Å². The smallest absolute Gasteiger partial charge is 0.307 e. The molecule has 9 nitrogen and oxygen atoms in total. The second-order valence-corrected chi connectivity index (χ2v) is 10.1. The van der Waals surface area contributed by atoms with Gasteiger partial charge in [0.05, 0.1) is 17.9 Å². The largest absolute Gasteiger partial charge is 0.494 e. The Morgan fingerprint density at radius 3 is 2.47 bits per heavy atom. The van der Waals surface area contributed by atoms with Gasteiger partial charge in [0.1, 0.15) is 11.3 Å². The van der Waals surface area contributed by atoms with Crippen LogP contribution >= 0.6 is 0 Å². The van der Waals surface area contributed by atoms with E-state index in [1.54, 1.807) is 25.2 Å². The van der Waals surface area contributed by atoms with Gasteiger partial charge in [-0.3, -0.25) is 14.4 Å². The molecule has 1 aromatic heterocycles. The van der Waals surface area contributed by atoms with Crippen LogP contribution in [-0.4, -0.2) is 51.7 Å². The number of carboxylic acid groups (broad SMARTS) is 1. The molecule has 9 heteroatoms. The molecule has 0 unspecified atom stereocenters. The van der Waals surface area contributed by atoms with Crippen LogP contribution in [-0.2, 0) is 16.6 Å². The number of hydrogen-bond donors (Lipinski definition) is 1. The van der Waals surface area contributed by atoms with E-state index in [4.69, 9.17) is 9.47 Å². The fourth-order valence-corrected chi connectivity index (χ4v) is 5.12. The number of carboxylic acids is 1. The fraction of sp³-hybridized carbons (Fsp3) is 0.483. The van der Waals surface area contributed by atoms with E-state index in [0.717, 1.165) is 50.2 Å². The van der Waals surface area contributed by atoms with Crippen molar-refractivity contribution in [3.8, 4) is 5.75 Å². The molecule has 2 aliphatic rings. The first-order chi connectivity index (χ1) is 18.3. The lowest BCUT2D eigenvalue weighted by Gasteiger charge is -2.21. The van der Waals surface area contributed by atoms with E-state index in [0.29, 0.717) is 41.8 Å². The molecule has 0 spiro atoms. The quantitative estimate of drug-likeness (QED) is 0.459. The van der Waals surface area contributed by atoms with Gasteiger partial charge in [0.25, 0.3) is 5.56 Å². The van der Waals surface area contributed by atoms with Crippen LogP contribution in [0.2, 0.25) is 0 Å². The number of fused-ring (bicyclic) bond motifs is 1.